The van der Waals surface area contributed by atoms with E-state index >= 15 is 0 Å². The van der Waals surface area contributed by atoms with Crippen LogP contribution in [-0.4, -0.2) is 10.9 Å². The lowest BCUT2D eigenvalue weighted by Gasteiger charge is -2.10. The number of carbonyl (C=O) groups excluding carboxylic acids is 1. The second-order valence-electron chi connectivity index (χ2n) is 4.12. The molecular formula is C14H14FNO. The summed E-state index contributed by atoms with van der Waals surface area (Å²) in [4.78, 5) is 10.8. The Labute approximate surface area is 99.7 Å². The Hall–Kier alpha value is -1.90. The van der Waals surface area contributed by atoms with Crippen molar-refractivity contribution in [2.45, 2.75) is 20.4 Å². The molecule has 3 heteroatoms. The predicted octanol–water partition coefficient (Wildman–Crippen LogP) is 3.10. The molecule has 1 heterocycles. The molecule has 0 fully saturated rings. The maximum atomic E-state index is 13.5. The van der Waals surface area contributed by atoms with Gasteiger partial charge in [-0.05, 0) is 26.0 Å². The minimum absolute atomic E-state index is 0.215. The standard InChI is InChI=1S/C14H14FNO/c1-10-7-13(9-17)11(2)16(10)8-12-5-3-4-6-14(12)15/h3-7,9H,8H2,1-2H3. The molecule has 2 aromatic rings. The van der Waals surface area contributed by atoms with Gasteiger partial charge in [0.25, 0.3) is 0 Å². The minimum atomic E-state index is -0.215. The van der Waals surface area contributed by atoms with E-state index in [1.807, 2.05) is 30.5 Å². The summed E-state index contributed by atoms with van der Waals surface area (Å²) >= 11 is 0. The Morgan fingerprint density at radius 1 is 1.29 bits per heavy atom. The largest absolute Gasteiger partial charge is 0.344 e. The van der Waals surface area contributed by atoms with E-state index in [0.29, 0.717) is 17.7 Å². The number of nitrogens with zero attached hydrogens (tertiary/aromatic N) is 1. The fourth-order valence-corrected chi connectivity index (χ4v) is 1.99. The first-order valence-electron chi connectivity index (χ1n) is 5.49. The van der Waals surface area contributed by atoms with Crippen molar-refractivity contribution >= 4 is 6.29 Å². The van der Waals surface area contributed by atoms with Gasteiger partial charge in [-0.1, -0.05) is 18.2 Å². The summed E-state index contributed by atoms with van der Waals surface area (Å²) in [6.07, 6.45) is 0.834. The smallest absolute Gasteiger partial charge is 0.151 e. The van der Waals surface area contributed by atoms with Crippen LogP contribution in [0.2, 0.25) is 0 Å². The molecule has 0 saturated carbocycles. The zero-order valence-corrected chi connectivity index (χ0v) is 9.90. The summed E-state index contributed by atoms with van der Waals surface area (Å²) < 4.78 is 15.5. The number of hydrogen-bond acceptors (Lipinski definition) is 1. The molecule has 0 bridgehead atoms. The van der Waals surface area contributed by atoms with Gasteiger partial charge in [0.05, 0.1) is 6.54 Å². The number of aryl methyl sites for hydroxylation is 1. The number of aldehydes is 1. The van der Waals surface area contributed by atoms with Crippen LogP contribution >= 0.6 is 0 Å². The van der Waals surface area contributed by atoms with E-state index < -0.39 is 0 Å². The van der Waals surface area contributed by atoms with Crippen LogP contribution in [0.5, 0.6) is 0 Å². The molecule has 0 amide bonds. The van der Waals surface area contributed by atoms with E-state index in [2.05, 4.69) is 0 Å². The van der Waals surface area contributed by atoms with Crippen molar-refractivity contribution in [3.8, 4) is 0 Å². The molecule has 1 aromatic carbocycles. The molecule has 0 radical (unpaired) electrons. The normalized spacial score (nSPS) is 10.5. The number of carbonyl (C=O) groups is 1. The van der Waals surface area contributed by atoms with Crippen molar-refractivity contribution in [1.29, 1.82) is 0 Å². The van der Waals surface area contributed by atoms with Crippen molar-refractivity contribution in [2.75, 3.05) is 0 Å². The van der Waals surface area contributed by atoms with E-state index in [1.54, 1.807) is 12.1 Å². The third kappa shape index (κ3) is 2.13. The first kappa shape index (κ1) is 11.6. The van der Waals surface area contributed by atoms with Crippen LogP contribution in [0.15, 0.2) is 30.3 Å². The third-order valence-electron chi connectivity index (χ3n) is 3.03. The molecule has 0 unspecified atom stereocenters. The molecule has 0 atom stereocenters. The molecule has 0 aliphatic carbocycles. The second-order valence-corrected chi connectivity index (χ2v) is 4.12. The van der Waals surface area contributed by atoms with E-state index in [-0.39, 0.29) is 5.82 Å². The molecule has 0 N–H and O–H groups in total. The Bertz CT molecular complexity index is 557. The molecule has 17 heavy (non-hydrogen) atoms. The van der Waals surface area contributed by atoms with Gasteiger partial charge in [0.2, 0.25) is 0 Å². The van der Waals surface area contributed by atoms with Gasteiger partial charge in [-0.3, -0.25) is 4.79 Å². The van der Waals surface area contributed by atoms with Gasteiger partial charge >= 0.3 is 0 Å². The second kappa shape index (κ2) is 4.53. The highest BCUT2D eigenvalue weighted by Gasteiger charge is 2.10. The summed E-state index contributed by atoms with van der Waals surface area (Å²) in [6.45, 7) is 4.25. The van der Waals surface area contributed by atoms with Crippen molar-refractivity contribution in [3.05, 3.63) is 58.7 Å². The highest BCUT2D eigenvalue weighted by molar-refractivity contribution is 5.77. The summed E-state index contributed by atoms with van der Waals surface area (Å²) in [6, 6.07) is 8.51. The van der Waals surface area contributed by atoms with Gasteiger partial charge in [-0.25, -0.2) is 4.39 Å². The monoisotopic (exact) mass is 231 g/mol. The number of benzene rings is 1. The molecule has 0 aliphatic heterocycles. The van der Waals surface area contributed by atoms with E-state index in [0.717, 1.165) is 17.7 Å². The highest BCUT2D eigenvalue weighted by atomic mass is 19.1. The first-order valence-corrected chi connectivity index (χ1v) is 5.49. The average Bonchev–Trinajstić information content (AvgIpc) is 2.59. The molecular weight excluding hydrogens is 217 g/mol. The van der Waals surface area contributed by atoms with Crippen LogP contribution in [0.25, 0.3) is 0 Å². The van der Waals surface area contributed by atoms with Crippen LogP contribution in [0.4, 0.5) is 4.39 Å². The zero-order chi connectivity index (χ0) is 12.4. The fourth-order valence-electron chi connectivity index (χ4n) is 1.99. The lowest BCUT2D eigenvalue weighted by Crippen LogP contribution is -2.05. The van der Waals surface area contributed by atoms with Crippen molar-refractivity contribution < 1.29 is 9.18 Å². The van der Waals surface area contributed by atoms with Crippen molar-refractivity contribution in [3.63, 3.8) is 0 Å². The number of aromatic nitrogens is 1. The topological polar surface area (TPSA) is 22.0 Å². The van der Waals surface area contributed by atoms with Gasteiger partial charge < -0.3 is 4.57 Å². The molecule has 0 spiro atoms. The van der Waals surface area contributed by atoms with Gasteiger partial charge in [-0.2, -0.15) is 0 Å². The molecule has 88 valence electrons. The van der Waals surface area contributed by atoms with Crippen LogP contribution in [-0.2, 0) is 6.54 Å². The van der Waals surface area contributed by atoms with Crippen LogP contribution in [0.3, 0.4) is 0 Å². The molecule has 0 aliphatic rings. The number of hydrogen-bond donors (Lipinski definition) is 0. The summed E-state index contributed by atoms with van der Waals surface area (Å²) in [5.74, 6) is -0.215. The van der Waals surface area contributed by atoms with Gasteiger partial charge in [0, 0.05) is 22.5 Å². The molecule has 2 rings (SSSR count). The summed E-state index contributed by atoms with van der Waals surface area (Å²) in [7, 11) is 0. The van der Waals surface area contributed by atoms with E-state index in [9.17, 15) is 9.18 Å². The maximum absolute atomic E-state index is 13.5. The quantitative estimate of drug-likeness (QED) is 0.744. The van der Waals surface area contributed by atoms with Crippen LogP contribution in [0.1, 0.15) is 27.3 Å². The highest BCUT2D eigenvalue weighted by Crippen LogP contribution is 2.16. The Balaban J connectivity index is 2.40. The van der Waals surface area contributed by atoms with Crippen LogP contribution < -0.4 is 0 Å². The molecule has 1 aromatic heterocycles. The Morgan fingerprint density at radius 3 is 2.59 bits per heavy atom. The summed E-state index contributed by atoms with van der Waals surface area (Å²) in [5.41, 5.74) is 3.14. The average molecular weight is 231 g/mol. The summed E-state index contributed by atoms with van der Waals surface area (Å²) in [5, 5.41) is 0. The van der Waals surface area contributed by atoms with Gasteiger partial charge in [0.15, 0.2) is 6.29 Å². The van der Waals surface area contributed by atoms with Crippen molar-refractivity contribution in [1.82, 2.24) is 4.57 Å². The van der Waals surface area contributed by atoms with Crippen LogP contribution in [0, 0.1) is 19.7 Å². The zero-order valence-electron chi connectivity index (χ0n) is 9.90. The van der Waals surface area contributed by atoms with Gasteiger partial charge in [0.1, 0.15) is 5.82 Å². The minimum Gasteiger partial charge on any atom is -0.344 e. The maximum Gasteiger partial charge on any atom is 0.151 e. The van der Waals surface area contributed by atoms with Gasteiger partial charge in [-0.15, -0.1) is 0 Å². The first-order chi connectivity index (χ1) is 8.13. The lowest BCUT2D eigenvalue weighted by molar-refractivity contribution is 0.112. The van der Waals surface area contributed by atoms with E-state index in [4.69, 9.17) is 0 Å². The van der Waals surface area contributed by atoms with E-state index in [1.165, 1.54) is 6.07 Å². The number of rotatable bonds is 3. The Morgan fingerprint density at radius 2 is 2.00 bits per heavy atom. The lowest BCUT2D eigenvalue weighted by atomic mass is 10.2. The predicted molar refractivity (Wildman–Crippen MR) is 64.8 cm³/mol. The molecule has 2 nitrogen and oxygen atoms in total. The molecule has 0 saturated heterocycles. The van der Waals surface area contributed by atoms with Crippen molar-refractivity contribution in [2.24, 2.45) is 0 Å². The SMILES string of the molecule is Cc1cc(C=O)c(C)n1Cc1ccccc1F. The third-order valence-corrected chi connectivity index (χ3v) is 3.03. The Kier molecular flexibility index (Phi) is 3.09. The number of halogens is 1. The fraction of sp³-hybridized carbons (Fsp3) is 0.214.